The van der Waals surface area contributed by atoms with Gasteiger partial charge in [0, 0.05) is 23.9 Å². The lowest BCUT2D eigenvalue weighted by Gasteiger charge is -2.26. The molecule has 0 amide bonds. The predicted octanol–water partition coefficient (Wildman–Crippen LogP) is 5.17. The van der Waals surface area contributed by atoms with Crippen molar-refractivity contribution in [2.24, 2.45) is 0 Å². The maximum atomic E-state index is 10.1. The highest BCUT2D eigenvalue weighted by Crippen LogP contribution is 2.34. The zero-order chi connectivity index (χ0) is 18.7. The maximum Gasteiger partial charge on any atom is 0.219 e. The monoisotopic (exact) mass is 354 g/mol. The summed E-state index contributed by atoms with van der Waals surface area (Å²) in [6.45, 7) is 11.6. The first kappa shape index (κ1) is 18.7. The van der Waals surface area contributed by atoms with Crippen LogP contribution in [0.25, 0.3) is 0 Å². The van der Waals surface area contributed by atoms with E-state index >= 15 is 0 Å². The largest absolute Gasteiger partial charge is 0.508 e. The zero-order valence-corrected chi connectivity index (χ0v) is 16.4. The van der Waals surface area contributed by atoms with Crippen LogP contribution in [0.3, 0.4) is 0 Å². The Kier molecular flexibility index (Phi) is 5.52. The van der Waals surface area contributed by atoms with Gasteiger partial charge in [-0.3, -0.25) is 4.90 Å². The molecule has 140 valence electrons. The molecule has 26 heavy (non-hydrogen) atoms. The second-order valence-corrected chi connectivity index (χ2v) is 8.26. The van der Waals surface area contributed by atoms with Gasteiger partial charge < -0.3 is 9.84 Å². The van der Waals surface area contributed by atoms with Crippen molar-refractivity contribution < 1.29 is 9.84 Å². The Bertz CT molecular complexity index is 759. The summed E-state index contributed by atoms with van der Waals surface area (Å²) in [4.78, 5) is 7.14. The van der Waals surface area contributed by atoms with E-state index in [9.17, 15) is 5.11 Å². The van der Waals surface area contributed by atoms with Crippen LogP contribution in [-0.4, -0.2) is 28.1 Å². The number of likely N-dealkylation sites (tertiary alicyclic amines) is 1. The fourth-order valence-electron chi connectivity index (χ4n) is 3.45. The molecule has 1 aliphatic heterocycles. The van der Waals surface area contributed by atoms with E-state index in [1.54, 1.807) is 12.1 Å². The predicted molar refractivity (Wildman–Crippen MR) is 105 cm³/mol. The average Bonchev–Trinajstić information content (AvgIpc) is 2.59. The van der Waals surface area contributed by atoms with E-state index in [-0.39, 0.29) is 5.41 Å². The quantitative estimate of drug-likeness (QED) is 0.822. The highest BCUT2D eigenvalue weighted by molar-refractivity contribution is 5.44. The molecule has 0 saturated carbocycles. The van der Waals surface area contributed by atoms with Crippen LogP contribution in [0.5, 0.6) is 17.4 Å². The molecule has 4 heteroatoms. The number of ether oxygens (including phenoxy) is 1. The van der Waals surface area contributed by atoms with Gasteiger partial charge in [-0.1, -0.05) is 33.3 Å². The number of aromatic nitrogens is 1. The van der Waals surface area contributed by atoms with Crippen molar-refractivity contribution in [3.05, 3.63) is 47.2 Å². The Morgan fingerprint density at radius 3 is 2.46 bits per heavy atom. The van der Waals surface area contributed by atoms with Crippen molar-refractivity contribution in [2.45, 2.75) is 58.9 Å². The minimum Gasteiger partial charge on any atom is -0.508 e. The van der Waals surface area contributed by atoms with Crippen LogP contribution in [-0.2, 0) is 12.0 Å². The van der Waals surface area contributed by atoms with Gasteiger partial charge in [-0.2, -0.15) is 0 Å². The molecule has 0 bridgehead atoms. The molecule has 0 spiro atoms. The van der Waals surface area contributed by atoms with Crippen LogP contribution < -0.4 is 4.74 Å². The summed E-state index contributed by atoms with van der Waals surface area (Å²) < 4.78 is 5.96. The molecule has 2 heterocycles. The van der Waals surface area contributed by atoms with Gasteiger partial charge >= 0.3 is 0 Å². The second-order valence-electron chi connectivity index (χ2n) is 8.26. The summed E-state index contributed by atoms with van der Waals surface area (Å²) in [6, 6.07) is 9.43. The third kappa shape index (κ3) is 4.55. The molecule has 1 saturated heterocycles. The van der Waals surface area contributed by atoms with Crippen molar-refractivity contribution in [2.75, 3.05) is 13.1 Å². The molecule has 1 N–H and O–H groups in total. The maximum absolute atomic E-state index is 10.1. The summed E-state index contributed by atoms with van der Waals surface area (Å²) in [6.07, 6.45) is 3.94. The van der Waals surface area contributed by atoms with E-state index in [4.69, 9.17) is 4.74 Å². The number of aromatic hydroxyl groups is 1. The number of piperidine rings is 1. The van der Waals surface area contributed by atoms with Gasteiger partial charge in [-0.25, -0.2) is 4.98 Å². The Balaban J connectivity index is 1.73. The van der Waals surface area contributed by atoms with Gasteiger partial charge in [0.1, 0.15) is 11.5 Å². The fraction of sp³-hybridized carbons (Fsp3) is 0.500. The molecule has 3 rings (SSSR count). The molecule has 0 atom stereocenters. The Morgan fingerprint density at radius 2 is 1.81 bits per heavy atom. The lowest BCUT2D eigenvalue weighted by Crippen LogP contribution is -2.29. The van der Waals surface area contributed by atoms with E-state index in [1.165, 1.54) is 37.9 Å². The summed E-state index contributed by atoms with van der Waals surface area (Å²) in [5.41, 5.74) is 3.00. The molecule has 2 aromatic rings. The van der Waals surface area contributed by atoms with Crippen LogP contribution in [0.4, 0.5) is 0 Å². The summed E-state index contributed by atoms with van der Waals surface area (Å²) >= 11 is 0. The van der Waals surface area contributed by atoms with Gasteiger partial charge in [-0.15, -0.1) is 0 Å². The number of phenolic OH excluding ortho intramolecular Hbond substituents is 1. The van der Waals surface area contributed by atoms with E-state index in [0.717, 1.165) is 17.8 Å². The molecule has 0 aliphatic carbocycles. The van der Waals surface area contributed by atoms with E-state index in [1.807, 2.05) is 19.1 Å². The van der Waals surface area contributed by atoms with Crippen molar-refractivity contribution in [3.63, 3.8) is 0 Å². The molecule has 1 aliphatic rings. The number of hydrogen-bond donors (Lipinski definition) is 1. The number of pyridine rings is 1. The number of phenols is 1. The molecule has 4 nitrogen and oxygen atoms in total. The number of aryl methyl sites for hydroxylation is 1. The second kappa shape index (κ2) is 7.67. The third-order valence-corrected chi connectivity index (χ3v) is 5.01. The van der Waals surface area contributed by atoms with E-state index in [2.05, 4.69) is 36.7 Å². The van der Waals surface area contributed by atoms with Gasteiger partial charge in [0.25, 0.3) is 0 Å². The normalized spacial score (nSPS) is 15.8. The number of benzene rings is 1. The minimum absolute atomic E-state index is 0.148. The SMILES string of the molecule is Cc1nc(Oc2ccc(O)c(C(C)(C)C)c2)ccc1CN1CCCCC1. The van der Waals surface area contributed by atoms with Gasteiger partial charge in [0.2, 0.25) is 5.88 Å². The first-order valence-corrected chi connectivity index (χ1v) is 9.53. The molecule has 1 fully saturated rings. The molecule has 0 radical (unpaired) electrons. The molecule has 1 aromatic heterocycles. The first-order chi connectivity index (χ1) is 12.3. The Morgan fingerprint density at radius 1 is 1.08 bits per heavy atom. The topological polar surface area (TPSA) is 45.6 Å². The van der Waals surface area contributed by atoms with Gasteiger partial charge in [0.15, 0.2) is 0 Å². The van der Waals surface area contributed by atoms with E-state index in [0.29, 0.717) is 17.4 Å². The highest BCUT2D eigenvalue weighted by atomic mass is 16.5. The highest BCUT2D eigenvalue weighted by Gasteiger charge is 2.19. The number of nitrogens with zero attached hydrogens (tertiary/aromatic N) is 2. The first-order valence-electron chi connectivity index (χ1n) is 9.53. The third-order valence-electron chi connectivity index (χ3n) is 5.01. The van der Waals surface area contributed by atoms with Crippen LogP contribution in [0.15, 0.2) is 30.3 Å². The molecular weight excluding hydrogens is 324 g/mol. The average molecular weight is 354 g/mol. The molecular formula is C22H30N2O2. The lowest BCUT2D eigenvalue weighted by molar-refractivity contribution is 0.220. The molecule has 0 unspecified atom stereocenters. The number of hydrogen-bond acceptors (Lipinski definition) is 4. The van der Waals surface area contributed by atoms with Crippen molar-refractivity contribution in [1.29, 1.82) is 0 Å². The summed E-state index contributed by atoms with van der Waals surface area (Å²) in [5.74, 6) is 1.59. The van der Waals surface area contributed by atoms with Gasteiger partial charge in [-0.05, 0) is 62.0 Å². The van der Waals surface area contributed by atoms with Crippen LogP contribution in [0.2, 0.25) is 0 Å². The van der Waals surface area contributed by atoms with Gasteiger partial charge in [0.05, 0.1) is 0 Å². The van der Waals surface area contributed by atoms with Crippen molar-refractivity contribution in [3.8, 4) is 17.4 Å². The standard InChI is InChI=1S/C22H30N2O2/c1-16-17(15-24-12-6-5-7-13-24)8-11-21(23-16)26-18-9-10-20(25)19(14-18)22(2,3)4/h8-11,14,25H,5-7,12-13,15H2,1-4H3. The smallest absolute Gasteiger partial charge is 0.219 e. The van der Waals surface area contributed by atoms with Crippen LogP contribution >= 0.6 is 0 Å². The lowest BCUT2D eigenvalue weighted by atomic mass is 9.86. The number of rotatable bonds is 4. The Labute approximate surface area is 156 Å². The Hall–Kier alpha value is -2.07. The van der Waals surface area contributed by atoms with Crippen LogP contribution in [0, 0.1) is 6.92 Å². The zero-order valence-electron chi connectivity index (χ0n) is 16.4. The van der Waals surface area contributed by atoms with E-state index < -0.39 is 0 Å². The minimum atomic E-state index is -0.148. The van der Waals surface area contributed by atoms with Crippen LogP contribution in [0.1, 0.15) is 56.9 Å². The fourth-order valence-corrected chi connectivity index (χ4v) is 3.45. The van der Waals surface area contributed by atoms with Crippen molar-refractivity contribution in [1.82, 2.24) is 9.88 Å². The van der Waals surface area contributed by atoms with Crippen molar-refractivity contribution >= 4 is 0 Å². The summed E-state index contributed by atoms with van der Waals surface area (Å²) in [5, 5.41) is 10.1. The molecule has 1 aromatic carbocycles. The summed E-state index contributed by atoms with van der Waals surface area (Å²) in [7, 11) is 0.